The molecule has 0 aliphatic carbocycles. The first-order valence-electron chi connectivity index (χ1n) is 4.05. The highest BCUT2D eigenvalue weighted by Gasteiger charge is 2.04. The number of nitrogens with zero attached hydrogens (tertiary/aromatic N) is 1. The van der Waals surface area contributed by atoms with E-state index in [2.05, 4.69) is 4.98 Å². The molecule has 0 saturated carbocycles. The van der Waals surface area contributed by atoms with Crippen molar-refractivity contribution in [2.75, 3.05) is 5.73 Å². The van der Waals surface area contributed by atoms with Crippen molar-refractivity contribution < 1.29 is 9.90 Å². The van der Waals surface area contributed by atoms with Gasteiger partial charge in [0.05, 0.1) is 17.4 Å². The Bertz CT molecular complexity index is 508. The summed E-state index contributed by atoms with van der Waals surface area (Å²) < 4.78 is 0. The molecule has 0 radical (unpaired) electrons. The van der Waals surface area contributed by atoms with Crippen molar-refractivity contribution in [1.29, 1.82) is 0 Å². The van der Waals surface area contributed by atoms with Gasteiger partial charge >= 0.3 is 5.97 Å². The van der Waals surface area contributed by atoms with E-state index in [0.29, 0.717) is 5.69 Å². The van der Waals surface area contributed by atoms with Crippen molar-refractivity contribution in [2.24, 2.45) is 0 Å². The van der Waals surface area contributed by atoms with Gasteiger partial charge in [-0.25, -0.2) is 4.79 Å². The first kappa shape index (κ1) is 8.50. The summed E-state index contributed by atoms with van der Waals surface area (Å²) in [6.07, 6.45) is 3.16. The Morgan fingerprint density at radius 1 is 1.36 bits per heavy atom. The van der Waals surface area contributed by atoms with Crippen LogP contribution >= 0.6 is 0 Å². The van der Waals surface area contributed by atoms with Gasteiger partial charge in [-0.1, -0.05) is 6.07 Å². The van der Waals surface area contributed by atoms with E-state index in [1.807, 2.05) is 0 Å². The van der Waals surface area contributed by atoms with E-state index in [0.717, 1.165) is 10.8 Å². The molecule has 0 spiro atoms. The number of rotatable bonds is 1. The van der Waals surface area contributed by atoms with E-state index >= 15 is 0 Å². The number of fused-ring (bicyclic) bond motifs is 1. The summed E-state index contributed by atoms with van der Waals surface area (Å²) in [6.45, 7) is 0. The Kier molecular flexibility index (Phi) is 1.81. The molecule has 2 aromatic rings. The molecule has 0 saturated heterocycles. The normalized spacial score (nSPS) is 10.3. The average molecular weight is 188 g/mol. The Morgan fingerprint density at radius 3 is 2.86 bits per heavy atom. The molecule has 3 N–H and O–H groups in total. The highest BCUT2D eigenvalue weighted by molar-refractivity contribution is 5.98. The van der Waals surface area contributed by atoms with E-state index in [1.54, 1.807) is 18.3 Å². The largest absolute Gasteiger partial charge is 0.478 e. The third-order valence-electron chi connectivity index (χ3n) is 2.04. The van der Waals surface area contributed by atoms with Crippen LogP contribution in [-0.2, 0) is 0 Å². The first-order valence-corrected chi connectivity index (χ1v) is 4.05. The van der Waals surface area contributed by atoms with Gasteiger partial charge in [-0.2, -0.15) is 0 Å². The molecular weight excluding hydrogens is 180 g/mol. The lowest BCUT2D eigenvalue weighted by molar-refractivity contribution is 0.0697. The minimum absolute atomic E-state index is 0.232. The fourth-order valence-electron chi connectivity index (χ4n) is 1.32. The molecular formula is C10H8N2O2. The number of pyridine rings is 1. The standard InChI is InChI=1S/C10H8N2O2/c11-9-5-12-4-7-2-1-6(10(13)14)3-8(7)9/h1-5H,11H2,(H,13,14). The molecule has 1 heterocycles. The van der Waals surface area contributed by atoms with E-state index in [1.165, 1.54) is 12.3 Å². The van der Waals surface area contributed by atoms with Crippen LogP contribution in [0.4, 0.5) is 5.69 Å². The number of nitrogen functional groups attached to an aromatic ring is 1. The van der Waals surface area contributed by atoms with Crippen LogP contribution in [-0.4, -0.2) is 16.1 Å². The van der Waals surface area contributed by atoms with Gasteiger partial charge in [0.25, 0.3) is 0 Å². The summed E-state index contributed by atoms with van der Waals surface area (Å²) in [6, 6.07) is 4.78. The lowest BCUT2D eigenvalue weighted by Crippen LogP contribution is -1.96. The van der Waals surface area contributed by atoms with Crippen LogP contribution < -0.4 is 5.73 Å². The molecule has 0 atom stereocenters. The highest BCUT2D eigenvalue weighted by Crippen LogP contribution is 2.20. The second-order valence-electron chi connectivity index (χ2n) is 2.97. The Labute approximate surface area is 80.0 Å². The molecule has 0 bridgehead atoms. The third kappa shape index (κ3) is 1.26. The molecule has 4 heteroatoms. The van der Waals surface area contributed by atoms with Crippen LogP contribution in [0.15, 0.2) is 30.6 Å². The van der Waals surface area contributed by atoms with Crippen molar-refractivity contribution >= 4 is 22.4 Å². The number of aromatic carboxylic acids is 1. The lowest BCUT2D eigenvalue weighted by atomic mass is 10.1. The molecule has 4 nitrogen and oxygen atoms in total. The van der Waals surface area contributed by atoms with E-state index in [-0.39, 0.29) is 5.56 Å². The Hall–Kier alpha value is -2.10. The highest BCUT2D eigenvalue weighted by atomic mass is 16.4. The summed E-state index contributed by atoms with van der Waals surface area (Å²) in [7, 11) is 0. The van der Waals surface area contributed by atoms with Crippen LogP contribution in [0.2, 0.25) is 0 Å². The lowest BCUT2D eigenvalue weighted by Gasteiger charge is -2.01. The number of anilines is 1. The van der Waals surface area contributed by atoms with Gasteiger partial charge in [-0.05, 0) is 12.1 Å². The van der Waals surface area contributed by atoms with E-state index in [4.69, 9.17) is 10.8 Å². The van der Waals surface area contributed by atoms with Gasteiger partial charge in [0, 0.05) is 17.0 Å². The summed E-state index contributed by atoms with van der Waals surface area (Å²) in [5, 5.41) is 10.3. The van der Waals surface area contributed by atoms with Gasteiger partial charge in [0.2, 0.25) is 0 Å². The summed E-state index contributed by atoms with van der Waals surface area (Å²) >= 11 is 0. The number of hydrogen-bond acceptors (Lipinski definition) is 3. The minimum Gasteiger partial charge on any atom is -0.478 e. The van der Waals surface area contributed by atoms with Crippen LogP contribution in [0.3, 0.4) is 0 Å². The number of hydrogen-bond donors (Lipinski definition) is 2. The molecule has 0 unspecified atom stereocenters. The summed E-state index contributed by atoms with van der Waals surface area (Å²) in [5.41, 5.74) is 6.39. The second kappa shape index (κ2) is 2.99. The van der Waals surface area contributed by atoms with Gasteiger partial charge in [-0.3, -0.25) is 4.98 Å². The number of carboxylic acids is 1. The van der Waals surface area contributed by atoms with Crippen molar-refractivity contribution in [3.05, 3.63) is 36.2 Å². The monoisotopic (exact) mass is 188 g/mol. The number of benzene rings is 1. The summed E-state index contributed by atoms with van der Waals surface area (Å²) in [5.74, 6) is -0.955. The fraction of sp³-hybridized carbons (Fsp3) is 0. The summed E-state index contributed by atoms with van der Waals surface area (Å²) in [4.78, 5) is 14.6. The van der Waals surface area contributed by atoms with Crippen LogP contribution in [0.5, 0.6) is 0 Å². The van der Waals surface area contributed by atoms with Gasteiger partial charge < -0.3 is 10.8 Å². The number of nitrogens with two attached hydrogens (primary N) is 1. The molecule has 0 aliphatic heterocycles. The Balaban J connectivity index is 2.76. The first-order chi connectivity index (χ1) is 6.68. The van der Waals surface area contributed by atoms with E-state index < -0.39 is 5.97 Å². The van der Waals surface area contributed by atoms with Gasteiger partial charge in [0.15, 0.2) is 0 Å². The third-order valence-corrected chi connectivity index (χ3v) is 2.04. The second-order valence-corrected chi connectivity index (χ2v) is 2.97. The Morgan fingerprint density at radius 2 is 2.14 bits per heavy atom. The molecule has 70 valence electrons. The molecule has 0 fully saturated rings. The molecule has 0 amide bonds. The molecule has 0 aliphatic rings. The number of aromatic nitrogens is 1. The smallest absolute Gasteiger partial charge is 0.335 e. The SMILES string of the molecule is Nc1cncc2ccc(C(=O)O)cc12. The predicted molar refractivity (Wildman–Crippen MR) is 53.1 cm³/mol. The minimum atomic E-state index is -0.955. The fourth-order valence-corrected chi connectivity index (χ4v) is 1.32. The van der Waals surface area contributed by atoms with Gasteiger partial charge in [0.1, 0.15) is 0 Å². The van der Waals surface area contributed by atoms with E-state index in [9.17, 15) is 4.79 Å². The van der Waals surface area contributed by atoms with Crippen LogP contribution in [0.25, 0.3) is 10.8 Å². The van der Waals surface area contributed by atoms with Crippen LogP contribution in [0.1, 0.15) is 10.4 Å². The van der Waals surface area contributed by atoms with Crippen molar-refractivity contribution in [3.8, 4) is 0 Å². The zero-order valence-electron chi connectivity index (χ0n) is 7.27. The molecule has 1 aromatic carbocycles. The molecule has 14 heavy (non-hydrogen) atoms. The molecule has 1 aromatic heterocycles. The zero-order valence-corrected chi connectivity index (χ0v) is 7.27. The van der Waals surface area contributed by atoms with Crippen molar-refractivity contribution in [3.63, 3.8) is 0 Å². The van der Waals surface area contributed by atoms with Crippen LogP contribution in [0, 0.1) is 0 Å². The average Bonchev–Trinajstić information content (AvgIpc) is 2.18. The maximum Gasteiger partial charge on any atom is 0.335 e. The van der Waals surface area contributed by atoms with Crippen molar-refractivity contribution in [2.45, 2.75) is 0 Å². The maximum atomic E-state index is 10.7. The van der Waals surface area contributed by atoms with Gasteiger partial charge in [-0.15, -0.1) is 0 Å². The predicted octanol–water partition coefficient (Wildman–Crippen LogP) is 1.52. The quantitative estimate of drug-likeness (QED) is 0.711. The van der Waals surface area contributed by atoms with Crippen molar-refractivity contribution in [1.82, 2.24) is 4.98 Å². The maximum absolute atomic E-state index is 10.7. The topological polar surface area (TPSA) is 76.2 Å². The number of carboxylic acid groups (broad SMARTS) is 1. The zero-order chi connectivity index (χ0) is 10.1. The molecule has 2 rings (SSSR count). The number of carbonyl (C=O) groups is 1.